The SMILES string of the molecule is O=C(Cc1cccs1)c1cc2cc(Cl)ccc2o1. The summed E-state index contributed by atoms with van der Waals surface area (Å²) in [6.07, 6.45) is 0.380. The van der Waals surface area contributed by atoms with E-state index in [9.17, 15) is 4.79 Å². The Bertz CT molecular complexity index is 698. The number of furan rings is 1. The first-order chi connectivity index (χ1) is 8.72. The lowest BCUT2D eigenvalue weighted by Crippen LogP contribution is -1.99. The highest BCUT2D eigenvalue weighted by atomic mass is 35.5. The predicted octanol–water partition coefficient (Wildman–Crippen LogP) is 4.57. The molecule has 3 aromatic rings. The molecule has 0 N–H and O–H groups in total. The Labute approximate surface area is 113 Å². The number of ketones is 1. The third kappa shape index (κ3) is 2.19. The molecule has 1 aromatic carbocycles. The zero-order valence-corrected chi connectivity index (χ0v) is 10.9. The molecule has 0 radical (unpaired) electrons. The number of thiophene rings is 1. The van der Waals surface area contributed by atoms with Gasteiger partial charge in [0.2, 0.25) is 5.78 Å². The van der Waals surface area contributed by atoms with Gasteiger partial charge in [-0.15, -0.1) is 11.3 Å². The van der Waals surface area contributed by atoms with Gasteiger partial charge in [0.25, 0.3) is 0 Å². The number of fused-ring (bicyclic) bond motifs is 1. The minimum absolute atomic E-state index is 0.00947. The fraction of sp³-hybridized carbons (Fsp3) is 0.0714. The topological polar surface area (TPSA) is 30.2 Å². The highest BCUT2D eigenvalue weighted by Crippen LogP contribution is 2.24. The Kier molecular flexibility index (Phi) is 2.94. The minimum atomic E-state index is -0.00947. The van der Waals surface area contributed by atoms with Crippen molar-refractivity contribution >= 4 is 39.7 Å². The van der Waals surface area contributed by atoms with Crippen LogP contribution in [0.5, 0.6) is 0 Å². The third-order valence-electron chi connectivity index (χ3n) is 2.67. The summed E-state index contributed by atoms with van der Waals surface area (Å²) >= 11 is 7.47. The summed E-state index contributed by atoms with van der Waals surface area (Å²) < 4.78 is 5.53. The second-order valence-corrected chi connectivity index (χ2v) is 5.44. The normalized spacial score (nSPS) is 10.9. The standard InChI is InChI=1S/C14H9ClO2S/c15-10-3-4-13-9(6-10)7-14(17-13)12(16)8-11-2-1-5-18-11/h1-7H,8H2. The molecular formula is C14H9ClO2S. The van der Waals surface area contributed by atoms with Crippen LogP contribution < -0.4 is 0 Å². The lowest BCUT2D eigenvalue weighted by atomic mass is 10.2. The van der Waals surface area contributed by atoms with Crippen molar-refractivity contribution in [3.8, 4) is 0 Å². The average Bonchev–Trinajstić information content (AvgIpc) is 2.96. The largest absolute Gasteiger partial charge is 0.453 e. The van der Waals surface area contributed by atoms with Gasteiger partial charge in [-0.05, 0) is 35.7 Å². The quantitative estimate of drug-likeness (QED) is 0.656. The van der Waals surface area contributed by atoms with Crippen molar-refractivity contribution in [3.63, 3.8) is 0 Å². The number of halogens is 1. The highest BCUT2D eigenvalue weighted by Gasteiger charge is 2.13. The van der Waals surface area contributed by atoms with Crippen LogP contribution >= 0.6 is 22.9 Å². The van der Waals surface area contributed by atoms with Crippen molar-refractivity contribution in [2.24, 2.45) is 0 Å². The van der Waals surface area contributed by atoms with Gasteiger partial charge >= 0.3 is 0 Å². The number of hydrogen-bond donors (Lipinski definition) is 0. The summed E-state index contributed by atoms with van der Waals surface area (Å²) in [5.41, 5.74) is 0.689. The number of hydrogen-bond acceptors (Lipinski definition) is 3. The van der Waals surface area contributed by atoms with Crippen LogP contribution in [0, 0.1) is 0 Å². The van der Waals surface area contributed by atoms with Gasteiger partial charge in [0.05, 0.1) is 0 Å². The monoisotopic (exact) mass is 276 g/mol. The van der Waals surface area contributed by atoms with Crippen molar-refractivity contribution < 1.29 is 9.21 Å². The van der Waals surface area contributed by atoms with E-state index >= 15 is 0 Å². The third-order valence-corrected chi connectivity index (χ3v) is 3.78. The fourth-order valence-corrected chi connectivity index (χ4v) is 2.69. The highest BCUT2D eigenvalue weighted by molar-refractivity contribution is 7.10. The molecule has 0 amide bonds. The molecule has 18 heavy (non-hydrogen) atoms. The summed E-state index contributed by atoms with van der Waals surface area (Å²) in [7, 11) is 0. The molecule has 0 unspecified atom stereocenters. The molecule has 0 saturated carbocycles. The zero-order valence-electron chi connectivity index (χ0n) is 9.35. The van der Waals surface area contributed by atoms with E-state index in [1.54, 1.807) is 35.6 Å². The minimum Gasteiger partial charge on any atom is -0.453 e. The van der Waals surface area contributed by atoms with Gasteiger partial charge in [0.15, 0.2) is 5.76 Å². The maximum Gasteiger partial charge on any atom is 0.203 e. The second-order valence-electron chi connectivity index (χ2n) is 3.97. The van der Waals surface area contributed by atoms with Gasteiger partial charge in [0, 0.05) is 21.7 Å². The van der Waals surface area contributed by atoms with E-state index < -0.39 is 0 Å². The molecule has 0 spiro atoms. The first kappa shape index (κ1) is 11.5. The van der Waals surface area contributed by atoms with Crippen LogP contribution in [0.4, 0.5) is 0 Å². The van der Waals surface area contributed by atoms with Crippen LogP contribution in [0.1, 0.15) is 15.4 Å². The molecule has 4 heteroatoms. The molecule has 0 aliphatic heterocycles. The maximum absolute atomic E-state index is 12.0. The van der Waals surface area contributed by atoms with E-state index in [0.29, 0.717) is 22.8 Å². The van der Waals surface area contributed by atoms with Gasteiger partial charge in [-0.1, -0.05) is 17.7 Å². The van der Waals surface area contributed by atoms with E-state index in [0.717, 1.165) is 10.3 Å². The van der Waals surface area contributed by atoms with Gasteiger partial charge in [-0.3, -0.25) is 4.79 Å². The molecule has 0 fully saturated rings. The van der Waals surface area contributed by atoms with E-state index in [1.807, 2.05) is 17.5 Å². The summed E-state index contributed by atoms with van der Waals surface area (Å²) in [5.74, 6) is 0.380. The maximum atomic E-state index is 12.0. The molecule has 0 atom stereocenters. The Morgan fingerprint density at radius 1 is 1.28 bits per heavy atom. The van der Waals surface area contributed by atoms with E-state index in [4.69, 9.17) is 16.0 Å². The Hall–Kier alpha value is -1.58. The van der Waals surface area contributed by atoms with Gasteiger partial charge in [0.1, 0.15) is 5.58 Å². The van der Waals surface area contributed by atoms with E-state index in [-0.39, 0.29) is 5.78 Å². The second kappa shape index (κ2) is 4.59. The summed E-state index contributed by atoms with van der Waals surface area (Å²) in [5, 5.41) is 3.46. The lowest BCUT2D eigenvalue weighted by Gasteiger charge is -1.93. The van der Waals surface area contributed by atoms with E-state index in [1.165, 1.54) is 0 Å². The van der Waals surface area contributed by atoms with Crippen LogP contribution in [-0.4, -0.2) is 5.78 Å². The van der Waals surface area contributed by atoms with Crippen LogP contribution in [0.15, 0.2) is 46.2 Å². The number of rotatable bonds is 3. The zero-order chi connectivity index (χ0) is 12.5. The van der Waals surface area contributed by atoms with E-state index in [2.05, 4.69) is 0 Å². The molecular weight excluding hydrogens is 268 g/mol. The number of benzene rings is 1. The van der Waals surface area contributed by atoms with Gasteiger partial charge < -0.3 is 4.42 Å². The molecule has 2 heterocycles. The fourth-order valence-electron chi connectivity index (χ4n) is 1.81. The van der Waals surface area contributed by atoms with Crippen molar-refractivity contribution in [2.45, 2.75) is 6.42 Å². The predicted molar refractivity (Wildman–Crippen MR) is 73.6 cm³/mol. The molecule has 90 valence electrons. The van der Waals surface area contributed by atoms with Crippen LogP contribution in [-0.2, 0) is 6.42 Å². The van der Waals surface area contributed by atoms with Crippen molar-refractivity contribution in [1.82, 2.24) is 0 Å². The molecule has 0 saturated heterocycles. The van der Waals surface area contributed by atoms with Gasteiger partial charge in [-0.25, -0.2) is 0 Å². The Balaban J connectivity index is 1.92. The number of carbonyl (C=O) groups excluding carboxylic acids is 1. The smallest absolute Gasteiger partial charge is 0.203 e. The molecule has 0 aliphatic carbocycles. The lowest BCUT2D eigenvalue weighted by molar-refractivity contribution is 0.0969. The van der Waals surface area contributed by atoms with Crippen LogP contribution in [0.25, 0.3) is 11.0 Å². The Morgan fingerprint density at radius 3 is 2.94 bits per heavy atom. The first-order valence-electron chi connectivity index (χ1n) is 5.47. The molecule has 0 bridgehead atoms. The first-order valence-corrected chi connectivity index (χ1v) is 6.73. The summed E-state index contributed by atoms with van der Waals surface area (Å²) in [6, 6.07) is 11.0. The van der Waals surface area contributed by atoms with Crippen molar-refractivity contribution in [3.05, 3.63) is 57.4 Å². The number of Topliss-reactive ketones (excluding diaryl/α,β-unsaturated/α-hetero) is 1. The van der Waals surface area contributed by atoms with Crippen molar-refractivity contribution in [2.75, 3.05) is 0 Å². The molecule has 3 rings (SSSR count). The van der Waals surface area contributed by atoms with Crippen LogP contribution in [0.2, 0.25) is 5.02 Å². The molecule has 0 aliphatic rings. The average molecular weight is 277 g/mol. The molecule has 2 aromatic heterocycles. The summed E-state index contributed by atoms with van der Waals surface area (Å²) in [6.45, 7) is 0. The van der Waals surface area contributed by atoms with Gasteiger partial charge in [-0.2, -0.15) is 0 Å². The summed E-state index contributed by atoms with van der Waals surface area (Å²) in [4.78, 5) is 13.1. The Morgan fingerprint density at radius 2 is 2.17 bits per heavy atom. The molecule has 2 nitrogen and oxygen atoms in total. The number of carbonyl (C=O) groups is 1. The van der Waals surface area contributed by atoms with Crippen molar-refractivity contribution in [1.29, 1.82) is 0 Å². The van der Waals surface area contributed by atoms with Crippen LogP contribution in [0.3, 0.4) is 0 Å².